The second kappa shape index (κ2) is 3.05. The summed E-state index contributed by atoms with van der Waals surface area (Å²) in [4.78, 5) is 0. The molecule has 4 fully saturated rings. The molecule has 3 heterocycles. The molecule has 0 aromatic heterocycles. The van der Waals surface area contributed by atoms with Gasteiger partial charge in [-0.2, -0.15) is 0 Å². The normalized spacial score (nSPS) is 50.5. The summed E-state index contributed by atoms with van der Waals surface area (Å²) in [5.74, 6) is -0.735. The van der Waals surface area contributed by atoms with Crippen molar-refractivity contribution in [3.05, 3.63) is 12.2 Å². The van der Waals surface area contributed by atoms with Gasteiger partial charge in [0.2, 0.25) is 0 Å². The Morgan fingerprint density at radius 2 is 1.57 bits per heavy atom. The Kier molecular flexibility index (Phi) is 1.94. The monoisotopic (exact) mass is 196 g/mol. The smallest absolute Gasteiger partial charge is 0.287 e. The van der Waals surface area contributed by atoms with E-state index >= 15 is 0 Å². The molecule has 0 N–H and O–H groups in total. The molecule has 0 radical (unpaired) electrons. The molecule has 0 aromatic carbocycles. The average molecular weight is 196 g/mol. The summed E-state index contributed by atoms with van der Waals surface area (Å²) in [6.45, 7) is 2.00. The predicted octanol–water partition coefficient (Wildman–Crippen LogP) is 1.97. The van der Waals surface area contributed by atoms with Crippen LogP contribution >= 0.6 is 0 Å². The highest BCUT2D eigenvalue weighted by molar-refractivity contribution is 4.94. The number of hydrogen-bond donors (Lipinski definition) is 0. The second-order valence-electron chi connectivity index (χ2n) is 4.38. The van der Waals surface area contributed by atoms with Crippen molar-refractivity contribution in [1.82, 2.24) is 0 Å². The molecule has 1 aliphatic carbocycles. The standard InChI is InChI=1S/C11H16O3/c1-2-3-4-11-12-8-5-9(13-11)7-10(6-8)14-11/h2-3,8-10H,4-7H2,1H3/b3-2+. The number of ether oxygens (including phenoxy) is 3. The van der Waals surface area contributed by atoms with Gasteiger partial charge in [0.05, 0.1) is 18.3 Å². The van der Waals surface area contributed by atoms with E-state index in [1.165, 1.54) is 0 Å². The van der Waals surface area contributed by atoms with E-state index in [1.807, 2.05) is 19.1 Å². The van der Waals surface area contributed by atoms with Gasteiger partial charge in [0.1, 0.15) is 0 Å². The molecule has 0 atom stereocenters. The van der Waals surface area contributed by atoms with Crippen molar-refractivity contribution in [2.24, 2.45) is 0 Å². The fourth-order valence-corrected chi connectivity index (χ4v) is 2.71. The third-order valence-corrected chi connectivity index (χ3v) is 3.22. The van der Waals surface area contributed by atoms with E-state index in [2.05, 4.69) is 0 Å². The number of allylic oxidation sites excluding steroid dienone is 1. The molecule has 14 heavy (non-hydrogen) atoms. The van der Waals surface area contributed by atoms with E-state index in [4.69, 9.17) is 14.2 Å². The lowest BCUT2D eigenvalue weighted by Gasteiger charge is -2.55. The quantitative estimate of drug-likeness (QED) is 0.632. The van der Waals surface area contributed by atoms with Crippen molar-refractivity contribution in [2.45, 2.75) is 56.9 Å². The Balaban J connectivity index is 1.80. The zero-order valence-electron chi connectivity index (χ0n) is 8.44. The Hall–Kier alpha value is -0.380. The summed E-state index contributed by atoms with van der Waals surface area (Å²) in [5, 5.41) is 0. The molecule has 3 saturated heterocycles. The molecule has 0 aromatic rings. The summed E-state index contributed by atoms with van der Waals surface area (Å²) in [5.41, 5.74) is 0. The summed E-state index contributed by atoms with van der Waals surface area (Å²) >= 11 is 0. The minimum atomic E-state index is -0.735. The summed E-state index contributed by atoms with van der Waals surface area (Å²) in [7, 11) is 0. The van der Waals surface area contributed by atoms with E-state index in [1.54, 1.807) is 0 Å². The third-order valence-electron chi connectivity index (χ3n) is 3.22. The molecule has 3 aliphatic heterocycles. The van der Waals surface area contributed by atoms with Crippen LogP contribution in [0.5, 0.6) is 0 Å². The first-order valence-corrected chi connectivity index (χ1v) is 5.44. The van der Waals surface area contributed by atoms with Crippen LogP contribution in [-0.2, 0) is 14.2 Å². The van der Waals surface area contributed by atoms with Gasteiger partial charge in [-0.15, -0.1) is 0 Å². The lowest BCUT2D eigenvalue weighted by molar-refractivity contribution is -0.492. The van der Waals surface area contributed by atoms with Crippen LogP contribution in [0.3, 0.4) is 0 Å². The lowest BCUT2D eigenvalue weighted by Crippen LogP contribution is -2.61. The Labute approximate surface area is 84.0 Å². The van der Waals surface area contributed by atoms with E-state index in [9.17, 15) is 0 Å². The van der Waals surface area contributed by atoms with Gasteiger partial charge in [-0.1, -0.05) is 12.2 Å². The van der Waals surface area contributed by atoms with Crippen LogP contribution in [0.2, 0.25) is 0 Å². The zero-order chi connectivity index (χ0) is 9.60. The van der Waals surface area contributed by atoms with Crippen molar-refractivity contribution in [2.75, 3.05) is 0 Å². The first kappa shape index (κ1) is 8.89. The predicted molar refractivity (Wildman–Crippen MR) is 50.6 cm³/mol. The molecule has 4 rings (SSSR count). The van der Waals surface area contributed by atoms with E-state index in [0.717, 1.165) is 19.3 Å². The van der Waals surface area contributed by atoms with Crippen molar-refractivity contribution in [3.63, 3.8) is 0 Å². The molecule has 3 nitrogen and oxygen atoms in total. The molecule has 0 unspecified atom stereocenters. The molecule has 4 bridgehead atoms. The Morgan fingerprint density at radius 1 is 1.07 bits per heavy atom. The van der Waals surface area contributed by atoms with Crippen LogP contribution in [-0.4, -0.2) is 24.3 Å². The van der Waals surface area contributed by atoms with Gasteiger partial charge in [-0.3, -0.25) is 0 Å². The van der Waals surface area contributed by atoms with E-state index in [-0.39, 0.29) is 0 Å². The maximum atomic E-state index is 5.82. The van der Waals surface area contributed by atoms with Gasteiger partial charge in [0.15, 0.2) is 0 Å². The van der Waals surface area contributed by atoms with Gasteiger partial charge in [0, 0.05) is 25.7 Å². The van der Waals surface area contributed by atoms with Gasteiger partial charge >= 0.3 is 0 Å². The highest BCUT2D eigenvalue weighted by Gasteiger charge is 2.54. The fourth-order valence-electron chi connectivity index (χ4n) is 2.71. The summed E-state index contributed by atoms with van der Waals surface area (Å²) in [6.07, 6.45) is 9.03. The summed E-state index contributed by atoms with van der Waals surface area (Å²) in [6, 6.07) is 0. The maximum Gasteiger partial charge on any atom is 0.287 e. The van der Waals surface area contributed by atoms with Crippen LogP contribution in [0.4, 0.5) is 0 Å². The highest BCUT2D eigenvalue weighted by atomic mass is 16.9. The molecular weight excluding hydrogens is 180 g/mol. The van der Waals surface area contributed by atoms with Gasteiger partial charge in [0.25, 0.3) is 5.97 Å². The first-order chi connectivity index (χ1) is 6.80. The number of rotatable bonds is 2. The van der Waals surface area contributed by atoms with Crippen LogP contribution in [0.1, 0.15) is 32.6 Å². The van der Waals surface area contributed by atoms with Gasteiger partial charge in [-0.05, 0) is 6.92 Å². The van der Waals surface area contributed by atoms with E-state index in [0.29, 0.717) is 24.7 Å². The molecule has 0 spiro atoms. The number of hydrogen-bond acceptors (Lipinski definition) is 3. The third kappa shape index (κ3) is 1.31. The van der Waals surface area contributed by atoms with Gasteiger partial charge in [-0.25, -0.2) is 0 Å². The van der Waals surface area contributed by atoms with Crippen LogP contribution < -0.4 is 0 Å². The summed E-state index contributed by atoms with van der Waals surface area (Å²) < 4.78 is 17.5. The van der Waals surface area contributed by atoms with Crippen molar-refractivity contribution >= 4 is 0 Å². The molecule has 0 amide bonds. The van der Waals surface area contributed by atoms with E-state index < -0.39 is 5.97 Å². The Bertz CT molecular complexity index is 224. The lowest BCUT2D eigenvalue weighted by atomic mass is 9.89. The van der Waals surface area contributed by atoms with Crippen molar-refractivity contribution in [1.29, 1.82) is 0 Å². The Morgan fingerprint density at radius 3 is 2.00 bits per heavy atom. The largest absolute Gasteiger partial charge is 0.324 e. The zero-order valence-corrected chi connectivity index (χ0v) is 8.44. The molecule has 3 heteroatoms. The molecular formula is C11H16O3. The van der Waals surface area contributed by atoms with Crippen molar-refractivity contribution < 1.29 is 14.2 Å². The van der Waals surface area contributed by atoms with Crippen LogP contribution in [0.15, 0.2) is 12.2 Å². The highest BCUT2D eigenvalue weighted by Crippen LogP contribution is 2.46. The fraction of sp³-hybridized carbons (Fsp3) is 0.818. The molecule has 1 saturated carbocycles. The first-order valence-electron chi connectivity index (χ1n) is 5.44. The molecule has 78 valence electrons. The van der Waals surface area contributed by atoms with Gasteiger partial charge < -0.3 is 14.2 Å². The minimum absolute atomic E-state index is 0.367. The topological polar surface area (TPSA) is 27.7 Å². The minimum Gasteiger partial charge on any atom is -0.324 e. The molecule has 4 aliphatic rings. The maximum absolute atomic E-state index is 5.82. The van der Waals surface area contributed by atoms with Crippen LogP contribution in [0.25, 0.3) is 0 Å². The van der Waals surface area contributed by atoms with Crippen LogP contribution in [0, 0.1) is 0 Å². The SMILES string of the molecule is C/C=C/CC12OC3CC(CC(C3)O1)O2. The van der Waals surface area contributed by atoms with Crippen molar-refractivity contribution in [3.8, 4) is 0 Å². The average Bonchev–Trinajstić information content (AvgIpc) is 2.12. The second-order valence-corrected chi connectivity index (χ2v) is 4.38.